The second-order valence-electron chi connectivity index (χ2n) is 8.93. The summed E-state index contributed by atoms with van der Waals surface area (Å²) in [7, 11) is 0. The van der Waals surface area contributed by atoms with Crippen molar-refractivity contribution in [2.45, 2.75) is 51.0 Å². The van der Waals surface area contributed by atoms with Gasteiger partial charge in [-0.3, -0.25) is 0 Å². The summed E-state index contributed by atoms with van der Waals surface area (Å²) in [5, 5.41) is 9.16. The average Bonchev–Trinajstić information content (AvgIpc) is 2.88. The largest absolute Gasteiger partial charge is 0.458 e. The molecule has 0 aliphatic heterocycles. The highest BCUT2D eigenvalue weighted by Gasteiger charge is 2.18. The molecule has 0 amide bonds. The van der Waals surface area contributed by atoms with Gasteiger partial charge in [0.25, 0.3) is 0 Å². The van der Waals surface area contributed by atoms with Gasteiger partial charge in [0.15, 0.2) is 0 Å². The van der Waals surface area contributed by atoms with Gasteiger partial charge in [0.05, 0.1) is 0 Å². The zero-order chi connectivity index (χ0) is 23.9. The minimum atomic E-state index is -0.502. The lowest BCUT2D eigenvalue weighted by Gasteiger charge is -2.22. The minimum absolute atomic E-state index is 0.0637. The molecule has 0 radical (unpaired) electrons. The number of rotatable bonds is 8. The number of hydrogen-bond donors (Lipinski definition) is 1. The molecular weight excluding hydrogens is 427 g/mol. The molecule has 176 valence electrons. The highest BCUT2D eigenvalue weighted by molar-refractivity contribution is 5.81. The van der Waals surface area contributed by atoms with Crippen LogP contribution in [0.15, 0.2) is 73.3 Å². The first-order valence-corrected chi connectivity index (χ1v) is 12.0. The Morgan fingerprint density at radius 1 is 0.971 bits per heavy atom. The molecule has 3 nitrogen and oxygen atoms in total. The van der Waals surface area contributed by atoms with Crippen LogP contribution in [0.2, 0.25) is 0 Å². The normalized spacial score (nSPS) is 14.1. The van der Waals surface area contributed by atoms with Crippen molar-refractivity contribution in [3.05, 3.63) is 95.8 Å². The first-order chi connectivity index (χ1) is 16.6. The molecule has 0 bridgehead atoms. The van der Waals surface area contributed by atoms with Gasteiger partial charge >= 0.3 is 5.97 Å². The van der Waals surface area contributed by atoms with Crippen molar-refractivity contribution in [3.8, 4) is 22.3 Å². The molecule has 0 aromatic heterocycles. The van der Waals surface area contributed by atoms with Gasteiger partial charge in [-0.05, 0) is 70.7 Å². The predicted octanol–water partition coefficient (Wildman–Crippen LogP) is 6.97. The highest BCUT2D eigenvalue weighted by Crippen LogP contribution is 2.36. The molecule has 1 aliphatic rings. The van der Waals surface area contributed by atoms with Crippen LogP contribution in [0.3, 0.4) is 0 Å². The number of carbonyl (C=O) groups is 1. The fraction of sp³-hybridized carbons (Fsp3) is 0.300. The summed E-state index contributed by atoms with van der Waals surface area (Å²) in [6, 6.07) is 19.3. The Morgan fingerprint density at radius 3 is 2.35 bits per heavy atom. The highest BCUT2D eigenvalue weighted by atomic mass is 19.1. The van der Waals surface area contributed by atoms with Crippen molar-refractivity contribution in [1.82, 2.24) is 0 Å². The van der Waals surface area contributed by atoms with Gasteiger partial charge in [-0.25, -0.2) is 9.18 Å². The van der Waals surface area contributed by atoms with Gasteiger partial charge in [0.2, 0.25) is 0 Å². The monoisotopic (exact) mass is 458 g/mol. The van der Waals surface area contributed by atoms with Crippen molar-refractivity contribution in [1.29, 1.82) is 0 Å². The Kier molecular flexibility index (Phi) is 7.91. The molecule has 1 fully saturated rings. The van der Waals surface area contributed by atoms with E-state index in [1.54, 1.807) is 6.07 Å². The van der Waals surface area contributed by atoms with E-state index in [1.165, 1.54) is 19.3 Å². The van der Waals surface area contributed by atoms with Crippen molar-refractivity contribution in [3.63, 3.8) is 0 Å². The molecule has 1 aliphatic carbocycles. The van der Waals surface area contributed by atoms with Gasteiger partial charge in [-0.1, -0.05) is 74.4 Å². The molecule has 0 unspecified atom stereocenters. The molecule has 34 heavy (non-hydrogen) atoms. The van der Waals surface area contributed by atoms with Crippen molar-refractivity contribution < 1.29 is 19.0 Å². The number of aliphatic hydroxyl groups is 1. The van der Waals surface area contributed by atoms with E-state index in [9.17, 15) is 4.79 Å². The molecule has 0 saturated heterocycles. The lowest BCUT2D eigenvalue weighted by atomic mass is 9.83. The van der Waals surface area contributed by atoms with E-state index in [-0.39, 0.29) is 19.0 Å². The van der Waals surface area contributed by atoms with Gasteiger partial charge in [0.1, 0.15) is 12.4 Å². The molecule has 4 heteroatoms. The zero-order valence-corrected chi connectivity index (χ0v) is 19.4. The van der Waals surface area contributed by atoms with Crippen molar-refractivity contribution in [2.24, 2.45) is 0 Å². The second kappa shape index (κ2) is 11.3. The third kappa shape index (κ3) is 5.63. The minimum Gasteiger partial charge on any atom is -0.458 e. The second-order valence-corrected chi connectivity index (χ2v) is 8.93. The summed E-state index contributed by atoms with van der Waals surface area (Å²) < 4.78 is 20.6. The zero-order valence-electron chi connectivity index (χ0n) is 19.4. The molecule has 1 N–H and O–H groups in total. The molecule has 0 heterocycles. The fourth-order valence-corrected chi connectivity index (χ4v) is 4.81. The van der Waals surface area contributed by atoms with Crippen LogP contribution in [-0.2, 0) is 22.6 Å². The number of aliphatic hydroxyl groups excluding tert-OH is 1. The summed E-state index contributed by atoms with van der Waals surface area (Å²) in [5.41, 5.74) is 6.08. The lowest BCUT2D eigenvalue weighted by Crippen LogP contribution is -2.05. The molecule has 0 atom stereocenters. The maximum absolute atomic E-state index is 15.2. The van der Waals surface area contributed by atoms with Crippen LogP contribution >= 0.6 is 0 Å². The molecule has 1 saturated carbocycles. The fourth-order valence-electron chi connectivity index (χ4n) is 4.81. The van der Waals surface area contributed by atoms with Crippen LogP contribution in [0, 0.1) is 5.82 Å². The van der Waals surface area contributed by atoms with E-state index in [2.05, 4.69) is 12.6 Å². The maximum atomic E-state index is 15.2. The van der Waals surface area contributed by atoms with E-state index in [0.29, 0.717) is 17.9 Å². The van der Waals surface area contributed by atoms with Gasteiger partial charge < -0.3 is 9.84 Å². The molecule has 3 aromatic rings. The quantitative estimate of drug-likeness (QED) is 0.293. The molecule has 3 aromatic carbocycles. The lowest BCUT2D eigenvalue weighted by molar-refractivity contribution is -0.138. The van der Waals surface area contributed by atoms with Crippen LogP contribution in [-0.4, -0.2) is 17.7 Å². The van der Waals surface area contributed by atoms with Crippen LogP contribution in [0.25, 0.3) is 22.3 Å². The van der Waals surface area contributed by atoms with E-state index in [4.69, 9.17) is 9.84 Å². The van der Waals surface area contributed by atoms with E-state index in [1.807, 2.05) is 48.5 Å². The molecule has 0 spiro atoms. The predicted molar refractivity (Wildman–Crippen MR) is 134 cm³/mol. The summed E-state index contributed by atoms with van der Waals surface area (Å²) in [6.07, 6.45) is 7.68. The van der Waals surface area contributed by atoms with E-state index < -0.39 is 5.97 Å². The number of esters is 1. The summed E-state index contributed by atoms with van der Waals surface area (Å²) >= 11 is 0. The van der Waals surface area contributed by atoms with E-state index >= 15 is 4.39 Å². The number of ether oxygens (including phenoxy) is 1. The SMILES string of the molecule is C=CC(=O)OCc1cc(-c2ccc(C3CCCCC3)cc2F)ccc1-c1ccc(CCO)cc1. The first-order valence-electron chi connectivity index (χ1n) is 12.0. The maximum Gasteiger partial charge on any atom is 0.330 e. The topological polar surface area (TPSA) is 46.5 Å². The van der Waals surface area contributed by atoms with Crippen molar-refractivity contribution in [2.75, 3.05) is 6.61 Å². The number of halogens is 1. The molecule has 4 rings (SSSR count). The number of carbonyl (C=O) groups excluding carboxylic acids is 1. The summed E-state index contributed by atoms with van der Waals surface area (Å²) in [5.74, 6) is -0.279. The Balaban J connectivity index is 1.66. The Bertz CT molecular complexity index is 1140. The number of hydrogen-bond acceptors (Lipinski definition) is 3. The van der Waals surface area contributed by atoms with Crippen LogP contribution in [0.1, 0.15) is 54.7 Å². The number of benzene rings is 3. The first kappa shape index (κ1) is 23.9. The molecular formula is C30H31FO3. The van der Waals surface area contributed by atoms with Crippen molar-refractivity contribution >= 4 is 5.97 Å². The van der Waals surface area contributed by atoms with Crippen LogP contribution in [0.4, 0.5) is 4.39 Å². The Labute approximate surface area is 200 Å². The third-order valence-corrected chi connectivity index (χ3v) is 6.69. The van der Waals surface area contributed by atoms with Crippen LogP contribution < -0.4 is 0 Å². The third-order valence-electron chi connectivity index (χ3n) is 6.69. The Hall–Kier alpha value is -3.24. The van der Waals surface area contributed by atoms with Gasteiger partial charge in [-0.2, -0.15) is 0 Å². The summed E-state index contributed by atoms with van der Waals surface area (Å²) in [6.45, 7) is 3.62. The average molecular weight is 459 g/mol. The van der Waals surface area contributed by atoms with Gasteiger partial charge in [-0.15, -0.1) is 0 Å². The standard InChI is InChI=1S/C30H31FO3/c1-2-30(33)34-20-26-18-25(13-14-27(26)23-10-8-21(9-11-23)16-17-32)28-15-12-24(19-29(28)31)22-6-4-3-5-7-22/h2,8-15,18-19,22,32H,1,3-7,16-17,20H2. The smallest absolute Gasteiger partial charge is 0.330 e. The summed E-state index contributed by atoms with van der Waals surface area (Å²) in [4.78, 5) is 11.7. The van der Waals surface area contributed by atoms with E-state index in [0.717, 1.165) is 52.3 Å². The van der Waals surface area contributed by atoms with Gasteiger partial charge in [0, 0.05) is 18.2 Å². The Morgan fingerprint density at radius 2 is 1.68 bits per heavy atom. The van der Waals surface area contributed by atoms with Crippen LogP contribution in [0.5, 0.6) is 0 Å².